The number of hydrogen-bond acceptors (Lipinski definition) is 3. The molecule has 4 nitrogen and oxygen atoms in total. The van der Waals surface area contributed by atoms with E-state index in [0.29, 0.717) is 13.1 Å². The van der Waals surface area contributed by atoms with Crippen LogP contribution in [-0.4, -0.2) is 43.5 Å². The van der Waals surface area contributed by atoms with Crippen molar-refractivity contribution in [1.82, 2.24) is 4.90 Å². The van der Waals surface area contributed by atoms with Crippen molar-refractivity contribution in [3.8, 4) is 0 Å². The molecule has 1 aliphatic heterocycles. The zero-order valence-corrected chi connectivity index (χ0v) is 15.7. The summed E-state index contributed by atoms with van der Waals surface area (Å²) < 4.78 is 14.0. The maximum Gasteiger partial charge on any atom is 0.241 e. The summed E-state index contributed by atoms with van der Waals surface area (Å²) in [5.41, 5.74) is 3.08. The molecule has 0 aliphatic carbocycles. The van der Waals surface area contributed by atoms with E-state index < -0.39 is 0 Å². The van der Waals surface area contributed by atoms with E-state index in [4.69, 9.17) is 0 Å². The van der Waals surface area contributed by atoms with Crippen molar-refractivity contribution in [2.75, 3.05) is 42.9 Å². The first kappa shape index (κ1) is 17.7. The summed E-state index contributed by atoms with van der Waals surface area (Å²) in [6, 6.07) is 12.5. The van der Waals surface area contributed by atoms with E-state index in [9.17, 15) is 9.18 Å². The first-order chi connectivity index (χ1) is 12.0. The van der Waals surface area contributed by atoms with E-state index in [1.165, 1.54) is 17.7 Å². The maximum atomic E-state index is 13.0. The molecule has 2 aromatic rings. The molecular weight excluding hydrogens is 385 g/mol. The van der Waals surface area contributed by atoms with Crippen molar-refractivity contribution in [2.24, 2.45) is 0 Å². The van der Waals surface area contributed by atoms with Gasteiger partial charge < -0.3 is 15.1 Å². The molecule has 1 aliphatic rings. The fraction of sp³-hybridized carbons (Fsp3) is 0.316. The van der Waals surface area contributed by atoms with Crippen LogP contribution in [0.15, 0.2) is 46.9 Å². The Hall–Kier alpha value is -2.08. The van der Waals surface area contributed by atoms with E-state index in [2.05, 4.69) is 26.1 Å². The van der Waals surface area contributed by atoms with Gasteiger partial charge in [-0.3, -0.25) is 4.79 Å². The Morgan fingerprint density at radius 3 is 2.44 bits per heavy atom. The lowest BCUT2D eigenvalue weighted by Crippen LogP contribution is -2.50. The lowest BCUT2D eigenvalue weighted by Gasteiger charge is -2.36. The topological polar surface area (TPSA) is 35.6 Å². The number of halogens is 2. The van der Waals surface area contributed by atoms with Crippen molar-refractivity contribution < 1.29 is 9.18 Å². The predicted molar refractivity (Wildman–Crippen MR) is 103 cm³/mol. The normalized spacial score (nSPS) is 14.5. The monoisotopic (exact) mass is 405 g/mol. The quantitative estimate of drug-likeness (QED) is 0.842. The van der Waals surface area contributed by atoms with Gasteiger partial charge in [-0.05, 0) is 64.8 Å². The Kier molecular flexibility index (Phi) is 5.58. The molecule has 0 saturated carbocycles. The number of benzene rings is 2. The van der Waals surface area contributed by atoms with Crippen molar-refractivity contribution in [2.45, 2.75) is 6.92 Å². The molecule has 3 rings (SSSR count). The Morgan fingerprint density at radius 2 is 1.80 bits per heavy atom. The van der Waals surface area contributed by atoms with Crippen LogP contribution in [0.2, 0.25) is 0 Å². The van der Waals surface area contributed by atoms with E-state index in [0.717, 1.165) is 28.9 Å². The van der Waals surface area contributed by atoms with Crippen molar-refractivity contribution in [3.05, 3.63) is 58.3 Å². The van der Waals surface area contributed by atoms with E-state index in [1.54, 1.807) is 12.1 Å². The zero-order chi connectivity index (χ0) is 17.8. The fourth-order valence-electron chi connectivity index (χ4n) is 2.91. The molecule has 1 heterocycles. The van der Waals surface area contributed by atoms with Crippen molar-refractivity contribution in [3.63, 3.8) is 0 Å². The van der Waals surface area contributed by atoms with Gasteiger partial charge in [0.1, 0.15) is 5.82 Å². The molecule has 1 N–H and O–H groups in total. The number of carbonyl (C=O) groups is 1. The van der Waals surface area contributed by atoms with Crippen LogP contribution in [-0.2, 0) is 4.79 Å². The van der Waals surface area contributed by atoms with Gasteiger partial charge in [0.05, 0.1) is 6.54 Å². The largest absolute Gasteiger partial charge is 0.375 e. The molecular formula is C19H21BrFN3O. The third-order valence-corrected chi connectivity index (χ3v) is 5.03. The summed E-state index contributed by atoms with van der Waals surface area (Å²) in [6.45, 7) is 5.16. The van der Waals surface area contributed by atoms with Crippen LogP contribution in [0.5, 0.6) is 0 Å². The summed E-state index contributed by atoms with van der Waals surface area (Å²) in [4.78, 5) is 16.5. The highest BCUT2D eigenvalue weighted by Crippen LogP contribution is 2.23. The molecule has 2 aromatic carbocycles. The van der Waals surface area contributed by atoms with Crippen LogP contribution in [0.4, 0.5) is 15.8 Å². The Bertz CT molecular complexity index is 743. The first-order valence-corrected chi connectivity index (χ1v) is 9.10. The van der Waals surface area contributed by atoms with Crippen LogP contribution in [0.25, 0.3) is 0 Å². The number of aryl methyl sites for hydroxylation is 1. The molecule has 0 bridgehead atoms. The second-order valence-corrected chi connectivity index (χ2v) is 7.04. The van der Waals surface area contributed by atoms with E-state index in [1.807, 2.05) is 30.0 Å². The summed E-state index contributed by atoms with van der Waals surface area (Å²) in [5, 5.41) is 3.19. The molecule has 0 unspecified atom stereocenters. The third-order valence-electron chi connectivity index (χ3n) is 4.38. The summed E-state index contributed by atoms with van der Waals surface area (Å²) >= 11 is 3.51. The highest BCUT2D eigenvalue weighted by atomic mass is 79.9. The minimum Gasteiger partial charge on any atom is -0.375 e. The summed E-state index contributed by atoms with van der Waals surface area (Å²) in [5.74, 6) is -0.142. The number of amides is 1. The molecule has 132 valence electrons. The van der Waals surface area contributed by atoms with Crippen LogP contribution in [0, 0.1) is 12.7 Å². The predicted octanol–water partition coefficient (Wildman–Crippen LogP) is 3.66. The smallest absolute Gasteiger partial charge is 0.241 e. The van der Waals surface area contributed by atoms with Gasteiger partial charge in [0.2, 0.25) is 5.91 Å². The maximum absolute atomic E-state index is 13.0. The van der Waals surface area contributed by atoms with Gasteiger partial charge in [-0.25, -0.2) is 4.39 Å². The van der Waals surface area contributed by atoms with Gasteiger partial charge in [0, 0.05) is 42.0 Å². The van der Waals surface area contributed by atoms with Crippen molar-refractivity contribution >= 4 is 33.2 Å². The molecule has 0 atom stereocenters. The van der Waals surface area contributed by atoms with Crippen LogP contribution < -0.4 is 10.2 Å². The minimum absolute atomic E-state index is 0.0891. The molecule has 25 heavy (non-hydrogen) atoms. The van der Waals surface area contributed by atoms with E-state index in [-0.39, 0.29) is 18.3 Å². The van der Waals surface area contributed by atoms with Gasteiger partial charge >= 0.3 is 0 Å². The van der Waals surface area contributed by atoms with E-state index >= 15 is 0 Å². The highest BCUT2D eigenvalue weighted by molar-refractivity contribution is 9.10. The number of anilines is 2. The zero-order valence-electron chi connectivity index (χ0n) is 14.1. The van der Waals surface area contributed by atoms with Crippen molar-refractivity contribution in [1.29, 1.82) is 0 Å². The molecule has 0 spiro atoms. The van der Waals surface area contributed by atoms with Crippen LogP contribution in [0.3, 0.4) is 0 Å². The Morgan fingerprint density at radius 1 is 1.12 bits per heavy atom. The second-order valence-electron chi connectivity index (χ2n) is 6.18. The molecule has 0 radical (unpaired) electrons. The lowest BCUT2D eigenvalue weighted by molar-refractivity contribution is -0.129. The number of nitrogens with zero attached hydrogens (tertiary/aromatic N) is 2. The first-order valence-electron chi connectivity index (χ1n) is 8.31. The average Bonchev–Trinajstić information content (AvgIpc) is 2.61. The number of hydrogen-bond donors (Lipinski definition) is 1. The number of rotatable bonds is 4. The highest BCUT2D eigenvalue weighted by Gasteiger charge is 2.21. The second kappa shape index (κ2) is 7.87. The molecule has 0 aromatic heterocycles. The minimum atomic E-state index is -0.231. The summed E-state index contributed by atoms with van der Waals surface area (Å²) in [6.07, 6.45) is 0. The van der Waals surface area contributed by atoms with Gasteiger partial charge in [0.25, 0.3) is 0 Å². The molecule has 1 amide bonds. The van der Waals surface area contributed by atoms with Gasteiger partial charge in [-0.1, -0.05) is 6.07 Å². The number of piperazine rings is 1. The van der Waals surface area contributed by atoms with Crippen LogP contribution >= 0.6 is 15.9 Å². The lowest BCUT2D eigenvalue weighted by atomic mass is 10.2. The number of nitrogens with one attached hydrogen (secondary N) is 1. The summed E-state index contributed by atoms with van der Waals surface area (Å²) in [7, 11) is 0. The standard InChI is InChI=1S/C19H21BrFN3O/c1-14-2-7-18(17(20)12-14)22-13-19(25)24-10-8-23(9-11-24)16-5-3-15(21)4-6-16/h2-7,12,22H,8-11,13H2,1H3. The fourth-order valence-corrected chi connectivity index (χ4v) is 3.55. The Balaban J connectivity index is 1.50. The van der Waals surface area contributed by atoms with Gasteiger partial charge in [-0.15, -0.1) is 0 Å². The number of carbonyl (C=O) groups excluding carboxylic acids is 1. The SMILES string of the molecule is Cc1ccc(NCC(=O)N2CCN(c3ccc(F)cc3)CC2)c(Br)c1. The average molecular weight is 406 g/mol. The molecule has 1 saturated heterocycles. The molecule has 1 fully saturated rings. The molecule has 6 heteroatoms. The third kappa shape index (κ3) is 4.51. The Labute approximate surface area is 155 Å². The van der Waals surface area contributed by atoms with Gasteiger partial charge in [0.15, 0.2) is 0 Å². The van der Waals surface area contributed by atoms with Gasteiger partial charge in [-0.2, -0.15) is 0 Å². The van der Waals surface area contributed by atoms with Crippen LogP contribution in [0.1, 0.15) is 5.56 Å².